The minimum absolute atomic E-state index is 0.0723. The predicted octanol–water partition coefficient (Wildman–Crippen LogP) is 2.32. The zero-order valence-corrected chi connectivity index (χ0v) is 6.93. The Labute approximate surface area is 74.4 Å². The fraction of sp³-hybridized carbons (Fsp3) is 0.333. The van der Waals surface area contributed by atoms with Crippen molar-refractivity contribution in [3.05, 3.63) is 35.4 Å². The second kappa shape index (κ2) is 4.28. The van der Waals surface area contributed by atoms with Crippen molar-refractivity contribution in [3.8, 4) is 0 Å². The van der Waals surface area contributed by atoms with Crippen molar-refractivity contribution in [2.45, 2.75) is 12.5 Å². The molecule has 1 aromatic rings. The minimum Gasteiger partial charge on any atom is -0.324 e. The first-order valence-corrected chi connectivity index (χ1v) is 3.91. The van der Waals surface area contributed by atoms with E-state index in [1.807, 2.05) is 0 Å². The van der Waals surface area contributed by atoms with Crippen LogP contribution in [0.5, 0.6) is 0 Å². The lowest BCUT2D eigenvalue weighted by molar-refractivity contribution is 0.440. The Balaban J connectivity index is 2.87. The molecule has 72 valence electrons. The van der Waals surface area contributed by atoms with Crippen molar-refractivity contribution in [1.82, 2.24) is 0 Å². The van der Waals surface area contributed by atoms with Gasteiger partial charge in [0, 0.05) is 12.1 Å². The highest BCUT2D eigenvalue weighted by atomic mass is 19.1. The molecule has 0 radical (unpaired) electrons. The number of nitrogens with two attached hydrogens (primary N) is 1. The van der Waals surface area contributed by atoms with Gasteiger partial charge in [-0.05, 0) is 24.1 Å². The van der Waals surface area contributed by atoms with Crippen molar-refractivity contribution >= 4 is 0 Å². The van der Waals surface area contributed by atoms with E-state index >= 15 is 0 Å². The summed E-state index contributed by atoms with van der Waals surface area (Å²) in [6, 6.07) is 2.34. The van der Waals surface area contributed by atoms with Crippen LogP contribution in [0.4, 0.5) is 13.2 Å². The fourth-order valence-corrected chi connectivity index (χ4v) is 1.07. The van der Waals surface area contributed by atoms with E-state index < -0.39 is 24.4 Å². The van der Waals surface area contributed by atoms with E-state index in [0.29, 0.717) is 0 Å². The van der Waals surface area contributed by atoms with E-state index in [1.165, 1.54) is 0 Å². The monoisotopic (exact) mass is 189 g/mol. The van der Waals surface area contributed by atoms with Gasteiger partial charge in [0.15, 0.2) is 0 Å². The summed E-state index contributed by atoms with van der Waals surface area (Å²) in [5.41, 5.74) is 5.76. The van der Waals surface area contributed by atoms with Crippen LogP contribution in [0.3, 0.4) is 0 Å². The van der Waals surface area contributed by atoms with E-state index in [9.17, 15) is 13.2 Å². The number of alkyl halides is 1. The molecular weight excluding hydrogens is 179 g/mol. The lowest BCUT2D eigenvalue weighted by atomic mass is 10.1. The summed E-state index contributed by atoms with van der Waals surface area (Å²) < 4.78 is 37.1. The quantitative estimate of drug-likeness (QED) is 0.775. The van der Waals surface area contributed by atoms with Gasteiger partial charge in [-0.2, -0.15) is 0 Å². The first-order chi connectivity index (χ1) is 6.13. The molecular formula is C9H10F3N. The summed E-state index contributed by atoms with van der Waals surface area (Å²) in [6.45, 7) is -0.598. The molecule has 0 saturated carbocycles. The molecule has 0 heterocycles. The van der Waals surface area contributed by atoms with E-state index in [-0.39, 0.29) is 12.0 Å². The highest BCUT2D eigenvalue weighted by Gasteiger charge is 2.08. The maximum absolute atomic E-state index is 12.6. The molecule has 0 bridgehead atoms. The van der Waals surface area contributed by atoms with Gasteiger partial charge in [-0.1, -0.05) is 0 Å². The number of hydrogen-bond acceptors (Lipinski definition) is 1. The van der Waals surface area contributed by atoms with Gasteiger partial charge in [0.2, 0.25) is 0 Å². The van der Waals surface area contributed by atoms with E-state index in [0.717, 1.165) is 18.2 Å². The molecule has 1 atom stereocenters. The van der Waals surface area contributed by atoms with Crippen LogP contribution in [-0.4, -0.2) is 6.67 Å². The van der Waals surface area contributed by atoms with Crippen molar-refractivity contribution < 1.29 is 13.2 Å². The van der Waals surface area contributed by atoms with Crippen LogP contribution < -0.4 is 5.73 Å². The number of halogens is 3. The molecule has 1 aromatic carbocycles. The Hall–Kier alpha value is -1.03. The third-order valence-corrected chi connectivity index (χ3v) is 1.73. The SMILES string of the molecule is N[C@H](CCF)c1cc(F)cc(F)c1. The smallest absolute Gasteiger partial charge is 0.126 e. The second-order valence-electron chi connectivity index (χ2n) is 2.79. The van der Waals surface area contributed by atoms with Crippen LogP contribution >= 0.6 is 0 Å². The molecule has 0 spiro atoms. The zero-order chi connectivity index (χ0) is 9.84. The number of hydrogen-bond donors (Lipinski definition) is 1. The van der Waals surface area contributed by atoms with Crippen molar-refractivity contribution in [2.24, 2.45) is 5.73 Å². The summed E-state index contributed by atoms with van der Waals surface area (Å²) in [6.07, 6.45) is 0.0723. The molecule has 0 aliphatic carbocycles. The standard InChI is InChI=1S/C9H10F3N/c10-2-1-9(13)6-3-7(11)5-8(12)4-6/h3-5,9H,1-2,13H2/t9-/m1/s1. The summed E-state index contributed by atoms with van der Waals surface area (Å²) in [7, 11) is 0. The van der Waals surface area contributed by atoms with Gasteiger partial charge in [-0.3, -0.25) is 4.39 Å². The van der Waals surface area contributed by atoms with Gasteiger partial charge < -0.3 is 5.73 Å². The second-order valence-corrected chi connectivity index (χ2v) is 2.79. The third-order valence-electron chi connectivity index (χ3n) is 1.73. The van der Waals surface area contributed by atoms with Gasteiger partial charge in [-0.25, -0.2) is 8.78 Å². The fourth-order valence-electron chi connectivity index (χ4n) is 1.07. The van der Waals surface area contributed by atoms with Gasteiger partial charge >= 0.3 is 0 Å². The van der Waals surface area contributed by atoms with Crippen molar-refractivity contribution in [1.29, 1.82) is 0 Å². The molecule has 0 fully saturated rings. The van der Waals surface area contributed by atoms with Crippen LogP contribution in [0, 0.1) is 11.6 Å². The summed E-state index contributed by atoms with van der Waals surface area (Å²) in [4.78, 5) is 0. The van der Waals surface area contributed by atoms with Crippen molar-refractivity contribution in [3.63, 3.8) is 0 Å². The Kier molecular flexibility index (Phi) is 3.31. The van der Waals surface area contributed by atoms with Crippen LogP contribution in [-0.2, 0) is 0 Å². The maximum Gasteiger partial charge on any atom is 0.126 e. The van der Waals surface area contributed by atoms with E-state index in [1.54, 1.807) is 0 Å². The van der Waals surface area contributed by atoms with Crippen LogP contribution in [0.1, 0.15) is 18.0 Å². The first-order valence-electron chi connectivity index (χ1n) is 3.91. The molecule has 4 heteroatoms. The molecule has 0 aliphatic rings. The van der Waals surface area contributed by atoms with Gasteiger partial charge in [0.25, 0.3) is 0 Å². The molecule has 0 unspecified atom stereocenters. The van der Waals surface area contributed by atoms with Crippen LogP contribution in [0.15, 0.2) is 18.2 Å². The zero-order valence-electron chi connectivity index (χ0n) is 6.93. The highest BCUT2D eigenvalue weighted by Crippen LogP contribution is 2.16. The maximum atomic E-state index is 12.6. The Bertz CT molecular complexity index is 268. The molecule has 1 rings (SSSR count). The molecule has 13 heavy (non-hydrogen) atoms. The van der Waals surface area contributed by atoms with E-state index in [4.69, 9.17) is 5.73 Å². The molecule has 0 saturated heterocycles. The largest absolute Gasteiger partial charge is 0.324 e. The Morgan fingerprint density at radius 3 is 2.15 bits per heavy atom. The normalized spacial score (nSPS) is 12.9. The molecule has 0 amide bonds. The lowest BCUT2D eigenvalue weighted by Crippen LogP contribution is -2.11. The third kappa shape index (κ3) is 2.73. The highest BCUT2D eigenvalue weighted by molar-refractivity contribution is 5.20. The average Bonchev–Trinajstić information content (AvgIpc) is 2.03. The van der Waals surface area contributed by atoms with Gasteiger partial charge in [0.05, 0.1) is 6.67 Å². The van der Waals surface area contributed by atoms with Crippen LogP contribution in [0.25, 0.3) is 0 Å². The number of benzene rings is 1. The predicted molar refractivity (Wildman–Crippen MR) is 43.9 cm³/mol. The topological polar surface area (TPSA) is 26.0 Å². The summed E-state index contributed by atoms with van der Waals surface area (Å²) in [5.74, 6) is -1.38. The minimum atomic E-state index is -0.690. The molecule has 0 aromatic heterocycles. The Morgan fingerprint density at radius 1 is 1.15 bits per heavy atom. The van der Waals surface area contributed by atoms with Crippen molar-refractivity contribution in [2.75, 3.05) is 6.67 Å². The summed E-state index contributed by atoms with van der Waals surface area (Å²) >= 11 is 0. The van der Waals surface area contributed by atoms with E-state index in [2.05, 4.69) is 0 Å². The molecule has 1 nitrogen and oxygen atoms in total. The summed E-state index contributed by atoms with van der Waals surface area (Å²) in [5, 5.41) is 0. The Morgan fingerprint density at radius 2 is 1.69 bits per heavy atom. The number of rotatable bonds is 3. The van der Waals surface area contributed by atoms with Crippen LogP contribution in [0.2, 0.25) is 0 Å². The van der Waals surface area contributed by atoms with Gasteiger partial charge in [-0.15, -0.1) is 0 Å². The molecule has 0 aliphatic heterocycles. The first kappa shape index (κ1) is 10.1. The lowest BCUT2D eigenvalue weighted by Gasteiger charge is -2.09. The average molecular weight is 189 g/mol. The molecule has 2 N–H and O–H groups in total. The van der Waals surface area contributed by atoms with Gasteiger partial charge in [0.1, 0.15) is 11.6 Å².